The summed E-state index contributed by atoms with van der Waals surface area (Å²) >= 11 is 0. The Morgan fingerprint density at radius 2 is 2.08 bits per heavy atom. The Hall–Kier alpha value is -1.85. The molecule has 1 amide bonds. The largest absolute Gasteiger partial charge is 0.379 e. The minimum Gasteiger partial charge on any atom is -0.379 e. The third-order valence-electron chi connectivity index (χ3n) is 5.02. The zero-order valence-electron chi connectivity index (χ0n) is 14.8. The van der Waals surface area contributed by atoms with Crippen molar-refractivity contribution in [3.05, 3.63) is 35.0 Å². The van der Waals surface area contributed by atoms with Crippen molar-refractivity contribution in [3.63, 3.8) is 0 Å². The smallest absolute Gasteiger partial charge is 0.237 e. The number of nitrogens with zero attached hydrogens (tertiary/aromatic N) is 1. The lowest BCUT2D eigenvalue weighted by atomic mass is 10.1. The monoisotopic (exact) mass is 329 g/mol. The van der Waals surface area contributed by atoms with Gasteiger partial charge in [0.15, 0.2) is 0 Å². The van der Waals surface area contributed by atoms with Crippen LogP contribution in [0.4, 0.5) is 0 Å². The normalized spacial score (nSPS) is 17.1. The van der Waals surface area contributed by atoms with E-state index < -0.39 is 0 Å². The van der Waals surface area contributed by atoms with Crippen LogP contribution in [0.3, 0.4) is 0 Å². The van der Waals surface area contributed by atoms with Crippen molar-refractivity contribution in [1.29, 1.82) is 0 Å². The SMILES string of the molecule is CC[C@H](C(=O)NCc1ccc2[nH]c(C)c(C)c2c1)N1CCOCC1. The third kappa shape index (κ3) is 3.47. The maximum absolute atomic E-state index is 12.6. The summed E-state index contributed by atoms with van der Waals surface area (Å²) in [5.41, 5.74) is 4.76. The number of rotatable bonds is 5. The summed E-state index contributed by atoms with van der Waals surface area (Å²) in [5.74, 6) is 0.112. The molecule has 2 N–H and O–H groups in total. The fraction of sp³-hybridized carbons (Fsp3) is 0.526. The second-order valence-electron chi connectivity index (χ2n) is 6.55. The molecule has 1 atom stereocenters. The van der Waals surface area contributed by atoms with Crippen molar-refractivity contribution in [2.75, 3.05) is 26.3 Å². The van der Waals surface area contributed by atoms with Gasteiger partial charge in [0, 0.05) is 36.2 Å². The van der Waals surface area contributed by atoms with E-state index in [1.807, 2.05) is 0 Å². The van der Waals surface area contributed by atoms with Gasteiger partial charge in [-0.25, -0.2) is 0 Å². The molecule has 3 rings (SSSR count). The molecule has 2 heterocycles. The van der Waals surface area contributed by atoms with E-state index in [1.54, 1.807) is 0 Å². The van der Waals surface area contributed by atoms with Crippen LogP contribution in [-0.4, -0.2) is 48.1 Å². The lowest BCUT2D eigenvalue weighted by Gasteiger charge is -2.32. The van der Waals surface area contributed by atoms with E-state index in [1.165, 1.54) is 16.6 Å². The average molecular weight is 329 g/mol. The second kappa shape index (κ2) is 7.36. The van der Waals surface area contributed by atoms with Crippen molar-refractivity contribution in [1.82, 2.24) is 15.2 Å². The average Bonchev–Trinajstić information content (AvgIpc) is 2.89. The number of aromatic amines is 1. The minimum absolute atomic E-state index is 0.0612. The Morgan fingerprint density at radius 1 is 1.33 bits per heavy atom. The first-order chi connectivity index (χ1) is 11.6. The van der Waals surface area contributed by atoms with Crippen LogP contribution in [0.5, 0.6) is 0 Å². The van der Waals surface area contributed by atoms with Crippen molar-refractivity contribution in [2.24, 2.45) is 0 Å². The van der Waals surface area contributed by atoms with Gasteiger partial charge < -0.3 is 15.0 Å². The van der Waals surface area contributed by atoms with Gasteiger partial charge in [-0.2, -0.15) is 0 Å². The standard InChI is InChI=1S/C19H27N3O2/c1-4-18(22-7-9-24-10-8-22)19(23)20-12-15-5-6-17-16(11-15)13(2)14(3)21-17/h5-6,11,18,21H,4,7-10,12H2,1-3H3,(H,20,23)/t18-/m1/s1. The summed E-state index contributed by atoms with van der Waals surface area (Å²) in [6, 6.07) is 6.28. The lowest BCUT2D eigenvalue weighted by molar-refractivity contribution is -0.128. The zero-order valence-corrected chi connectivity index (χ0v) is 14.8. The molecule has 0 radical (unpaired) electrons. The van der Waals surface area contributed by atoms with Crippen molar-refractivity contribution >= 4 is 16.8 Å². The Kier molecular flexibility index (Phi) is 5.21. The second-order valence-corrected chi connectivity index (χ2v) is 6.55. The summed E-state index contributed by atoms with van der Waals surface area (Å²) in [6.45, 7) is 9.95. The molecule has 0 saturated carbocycles. The number of carbonyl (C=O) groups excluding carboxylic acids is 1. The molecule has 2 aromatic rings. The molecular weight excluding hydrogens is 302 g/mol. The Balaban J connectivity index is 1.65. The Labute approximate surface area is 143 Å². The first kappa shape index (κ1) is 17.0. The van der Waals surface area contributed by atoms with Crippen LogP contribution >= 0.6 is 0 Å². The lowest BCUT2D eigenvalue weighted by Crippen LogP contribution is -2.50. The number of carbonyl (C=O) groups is 1. The number of ether oxygens (including phenoxy) is 1. The van der Waals surface area contributed by atoms with Crippen LogP contribution in [0.2, 0.25) is 0 Å². The van der Waals surface area contributed by atoms with Gasteiger partial charge in [0.1, 0.15) is 0 Å². The van der Waals surface area contributed by atoms with E-state index in [0.717, 1.165) is 30.6 Å². The Morgan fingerprint density at radius 3 is 2.79 bits per heavy atom. The number of aryl methyl sites for hydroxylation is 2. The highest BCUT2D eigenvalue weighted by Gasteiger charge is 2.25. The van der Waals surface area contributed by atoms with Crippen molar-refractivity contribution in [3.8, 4) is 0 Å². The number of fused-ring (bicyclic) bond motifs is 1. The number of aromatic nitrogens is 1. The molecule has 5 heteroatoms. The van der Waals surface area contributed by atoms with E-state index in [9.17, 15) is 4.79 Å². The molecule has 1 saturated heterocycles. The van der Waals surface area contributed by atoms with Crippen molar-refractivity contribution < 1.29 is 9.53 Å². The molecular formula is C19H27N3O2. The minimum atomic E-state index is -0.0612. The molecule has 0 unspecified atom stereocenters. The van der Waals surface area contributed by atoms with Gasteiger partial charge in [-0.15, -0.1) is 0 Å². The van der Waals surface area contributed by atoms with E-state index >= 15 is 0 Å². The summed E-state index contributed by atoms with van der Waals surface area (Å²) in [6.07, 6.45) is 0.820. The predicted octanol–water partition coefficient (Wildman–Crippen LogP) is 2.51. The topological polar surface area (TPSA) is 57.4 Å². The van der Waals surface area contributed by atoms with Gasteiger partial charge in [-0.3, -0.25) is 9.69 Å². The number of hydrogen-bond acceptors (Lipinski definition) is 3. The van der Waals surface area contributed by atoms with E-state index in [-0.39, 0.29) is 11.9 Å². The first-order valence-corrected chi connectivity index (χ1v) is 8.77. The number of hydrogen-bond donors (Lipinski definition) is 2. The number of morpholine rings is 1. The molecule has 130 valence electrons. The molecule has 0 spiro atoms. The molecule has 1 aliphatic rings. The summed E-state index contributed by atoms with van der Waals surface area (Å²) in [7, 11) is 0. The summed E-state index contributed by atoms with van der Waals surface area (Å²) in [4.78, 5) is 18.2. The fourth-order valence-electron chi connectivity index (χ4n) is 3.42. The number of nitrogens with one attached hydrogen (secondary N) is 2. The van der Waals surface area contributed by atoms with Crippen LogP contribution in [-0.2, 0) is 16.1 Å². The molecule has 5 nitrogen and oxygen atoms in total. The van der Waals surface area contributed by atoms with Crippen LogP contribution in [0.15, 0.2) is 18.2 Å². The molecule has 1 aliphatic heterocycles. The molecule has 24 heavy (non-hydrogen) atoms. The summed E-state index contributed by atoms with van der Waals surface area (Å²) < 4.78 is 5.38. The zero-order chi connectivity index (χ0) is 17.1. The maximum Gasteiger partial charge on any atom is 0.237 e. The predicted molar refractivity (Wildman–Crippen MR) is 96.1 cm³/mol. The first-order valence-electron chi connectivity index (χ1n) is 8.77. The number of amides is 1. The van der Waals surface area contributed by atoms with E-state index in [4.69, 9.17) is 4.74 Å². The third-order valence-corrected chi connectivity index (χ3v) is 5.02. The molecule has 1 fully saturated rings. The van der Waals surface area contributed by atoms with Gasteiger partial charge >= 0.3 is 0 Å². The molecule has 0 bridgehead atoms. The highest BCUT2D eigenvalue weighted by atomic mass is 16.5. The van der Waals surface area contributed by atoms with Crippen LogP contribution in [0.25, 0.3) is 10.9 Å². The van der Waals surface area contributed by atoms with Gasteiger partial charge in [0.25, 0.3) is 0 Å². The van der Waals surface area contributed by atoms with Gasteiger partial charge in [-0.1, -0.05) is 13.0 Å². The van der Waals surface area contributed by atoms with Gasteiger partial charge in [-0.05, 0) is 43.5 Å². The number of H-pyrrole nitrogens is 1. The van der Waals surface area contributed by atoms with Crippen LogP contribution in [0, 0.1) is 13.8 Å². The molecule has 1 aromatic heterocycles. The van der Waals surface area contributed by atoms with Gasteiger partial charge in [0.05, 0.1) is 19.3 Å². The quantitative estimate of drug-likeness (QED) is 0.886. The van der Waals surface area contributed by atoms with Crippen LogP contribution < -0.4 is 5.32 Å². The molecule has 0 aliphatic carbocycles. The maximum atomic E-state index is 12.6. The van der Waals surface area contributed by atoms with E-state index in [0.29, 0.717) is 19.8 Å². The van der Waals surface area contributed by atoms with Crippen molar-refractivity contribution in [2.45, 2.75) is 39.8 Å². The van der Waals surface area contributed by atoms with Gasteiger partial charge in [0.2, 0.25) is 5.91 Å². The fourth-order valence-corrected chi connectivity index (χ4v) is 3.42. The summed E-state index contributed by atoms with van der Waals surface area (Å²) in [5, 5.41) is 4.34. The number of benzene rings is 1. The highest BCUT2D eigenvalue weighted by Crippen LogP contribution is 2.22. The molecule has 1 aromatic carbocycles. The van der Waals surface area contributed by atoms with E-state index in [2.05, 4.69) is 54.2 Å². The van der Waals surface area contributed by atoms with Crippen LogP contribution in [0.1, 0.15) is 30.2 Å². The highest BCUT2D eigenvalue weighted by molar-refractivity contribution is 5.85. The Bertz CT molecular complexity index is 717.